The van der Waals surface area contributed by atoms with E-state index in [9.17, 15) is 9.59 Å². The fourth-order valence-corrected chi connectivity index (χ4v) is 4.63. The van der Waals surface area contributed by atoms with Gasteiger partial charge in [-0.25, -0.2) is 4.98 Å². The molecule has 154 valence electrons. The van der Waals surface area contributed by atoms with Gasteiger partial charge < -0.3 is 9.80 Å². The molecule has 1 aliphatic heterocycles. The minimum Gasteiger partial charge on any atom is -0.337 e. The first kappa shape index (κ1) is 20.2. The SMILES string of the molecule is Cc1cccc(C(=O)N2CCCN(C(=O)c3sc(-c4ccccn4)nc3C)CC2)c1. The Morgan fingerprint density at radius 1 is 0.933 bits per heavy atom. The van der Waals surface area contributed by atoms with Gasteiger partial charge in [-0.2, -0.15) is 0 Å². The second-order valence-electron chi connectivity index (χ2n) is 7.46. The Hall–Kier alpha value is -3.06. The standard InChI is InChI=1S/C23H24N4O2S/c1-16-7-5-8-18(15-16)22(28)26-11-6-12-27(14-13-26)23(29)20-17(2)25-21(30-20)19-9-3-4-10-24-19/h3-5,7-10,15H,6,11-14H2,1-2H3. The third-order valence-corrected chi connectivity index (χ3v) is 6.38. The van der Waals surface area contributed by atoms with E-state index in [0.717, 1.165) is 28.4 Å². The van der Waals surface area contributed by atoms with Gasteiger partial charge in [0.05, 0.1) is 11.4 Å². The van der Waals surface area contributed by atoms with Gasteiger partial charge in [-0.3, -0.25) is 14.6 Å². The van der Waals surface area contributed by atoms with Crippen LogP contribution in [0.15, 0.2) is 48.7 Å². The first-order chi connectivity index (χ1) is 14.5. The molecule has 0 radical (unpaired) electrons. The van der Waals surface area contributed by atoms with Crippen LogP contribution in [0.3, 0.4) is 0 Å². The van der Waals surface area contributed by atoms with Crippen molar-refractivity contribution >= 4 is 23.2 Å². The minimum atomic E-state index is -0.0166. The van der Waals surface area contributed by atoms with Gasteiger partial charge >= 0.3 is 0 Å². The Balaban J connectivity index is 1.46. The number of carbonyl (C=O) groups is 2. The maximum atomic E-state index is 13.2. The summed E-state index contributed by atoms with van der Waals surface area (Å²) in [7, 11) is 0. The van der Waals surface area contributed by atoms with Gasteiger partial charge in [-0.05, 0) is 44.5 Å². The van der Waals surface area contributed by atoms with Crippen molar-refractivity contribution in [2.75, 3.05) is 26.2 Å². The topological polar surface area (TPSA) is 66.4 Å². The van der Waals surface area contributed by atoms with Gasteiger partial charge in [0, 0.05) is 37.9 Å². The molecule has 0 N–H and O–H groups in total. The van der Waals surface area contributed by atoms with E-state index >= 15 is 0 Å². The van der Waals surface area contributed by atoms with E-state index in [2.05, 4.69) is 9.97 Å². The second-order valence-corrected chi connectivity index (χ2v) is 8.46. The van der Waals surface area contributed by atoms with Gasteiger partial charge in [0.15, 0.2) is 0 Å². The number of nitrogens with zero attached hydrogens (tertiary/aromatic N) is 4. The number of aryl methyl sites for hydroxylation is 2. The third kappa shape index (κ3) is 4.26. The first-order valence-electron chi connectivity index (χ1n) is 10.1. The summed E-state index contributed by atoms with van der Waals surface area (Å²) in [6, 6.07) is 13.3. The highest BCUT2D eigenvalue weighted by atomic mass is 32.1. The van der Waals surface area contributed by atoms with Gasteiger partial charge in [0.1, 0.15) is 9.88 Å². The van der Waals surface area contributed by atoms with Gasteiger partial charge in [0.2, 0.25) is 0 Å². The summed E-state index contributed by atoms with van der Waals surface area (Å²) < 4.78 is 0. The molecule has 4 rings (SSSR count). The van der Waals surface area contributed by atoms with E-state index in [1.54, 1.807) is 6.20 Å². The highest BCUT2D eigenvalue weighted by Gasteiger charge is 2.26. The molecule has 3 heterocycles. The van der Waals surface area contributed by atoms with Crippen molar-refractivity contribution in [3.63, 3.8) is 0 Å². The van der Waals surface area contributed by atoms with Crippen LogP contribution in [0.4, 0.5) is 0 Å². The first-order valence-corrected chi connectivity index (χ1v) is 10.9. The summed E-state index contributed by atoms with van der Waals surface area (Å²) in [5.41, 5.74) is 3.27. The molecule has 0 spiro atoms. The van der Waals surface area contributed by atoms with Crippen LogP contribution in [0.5, 0.6) is 0 Å². The Bertz CT molecular complexity index is 1060. The van der Waals surface area contributed by atoms with Gasteiger partial charge in [-0.15, -0.1) is 11.3 Å². The summed E-state index contributed by atoms with van der Waals surface area (Å²) in [4.78, 5) is 39.3. The van der Waals surface area contributed by atoms with Crippen molar-refractivity contribution in [1.82, 2.24) is 19.8 Å². The summed E-state index contributed by atoms with van der Waals surface area (Å²) in [5, 5.41) is 0.752. The molecule has 6 nitrogen and oxygen atoms in total. The molecule has 0 saturated carbocycles. The lowest BCUT2D eigenvalue weighted by atomic mass is 10.1. The molecule has 0 atom stereocenters. The molecule has 0 bridgehead atoms. The lowest BCUT2D eigenvalue weighted by Crippen LogP contribution is -2.37. The van der Waals surface area contributed by atoms with Crippen LogP contribution in [0.2, 0.25) is 0 Å². The molecule has 3 aromatic rings. The van der Waals surface area contributed by atoms with Crippen molar-refractivity contribution < 1.29 is 9.59 Å². The van der Waals surface area contributed by atoms with Crippen LogP contribution < -0.4 is 0 Å². The molecule has 0 aliphatic carbocycles. The number of pyridine rings is 1. The van der Waals surface area contributed by atoms with E-state index in [1.165, 1.54) is 11.3 Å². The summed E-state index contributed by atoms with van der Waals surface area (Å²) >= 11 is 1.38. The monoisotopic (exact) mass is 420 g/mol. The second kappa shape index (κ2) is 8.75. The number of benzene rings is 1. The highest BCUT2D eigenvalue weighted by Crippen LogP contribution is 2.27. The molecule has 1 saturated heterocycles. The number of aromatic nitrogens is 2. The van der Waals surface area contributed by atoms with Crippen molar-refractivity contribution in [2.45, 2.75) is 20.3 Å². The predicted molar refractivity (Wildman–Crippen MR) is 118 cm³/mol. The Morgan fingerprint density at radius 3 is 2.40 bits per heavy atom. The van der Waals surface area contributed by atoms with Crippen molar-refractivity contribution in [1.29, 1.82) is 0 Å². The lowest BCUT2D eigenvalue weighted by Gasteiger charge is -2.22. The van der Waals surface area contributed by atoms with Crippen molar-refractivity contribution in [3.05, 3.63) is 70.4 Å². The number of rotatable bonds is 3. The number of carbonyl (C=O) groups excluding carboxylic acids is 2. The van der Waals surface area contributed by atoms with E-state index in [1.807, 2.05) is 66.1 Å². The minimum absolute atomic E-state index is 0.0166. The van der Waals surface area contributed by atoms with E-state index in [4.69, 9.17) is 0 Å². The Labute approximate surface area is 180 Å². The molecular weight excluding hydrogens is 396 g/mol. The molecule has 2 amide bonds. The molecule has 0 unspecified atom stereocenters. The van der Waals surface area contributed by atoms with Crippen LogP contribution in [0.25, 0.3) is 10.7 Å². The summed E-state index contributed by atoms with van der Waals surface area (Å²) in [6.45, 7) is 6.18. The maximum Gasteiger partial charge on any atom is 0.265 e. The summed E-state index contributed by atoms with van der Waals surface area (Å²) in [5.74, 6) is 0.0106. The Kier molecular flexibility index (Phi) is 5.90. The number of thiazole rings is 1. The number of amides is 2. The predicted octanol–water partition coefficient (Wildman–Crippen LogP) is 3.81. The zero-order valence-corrected chi connectivity index (χ0v) is 18.0. The molecule has 2 aromatic heterocycles. The zero-order chi connectivity index (χ0) is 21.1. The average molecular weight is 421 g/mol. The fourth-order valence-electron chi connectivity index (χ4n) is 3.62. The Morgan fingerprint density at radius 2 is 1.70 bits per heavy atom. The lowest BCUT2D eigenvalue weighted by molar-refractivity contribution is 0.0720. The molecule has 1 aromatic carbocycles. The molecule has 30 heavy (non-hydrogen) atoms. The number of hydrogen-bond acceptors (Lipinski definition) is 5. The molecular formula is C23H24N4O2S. The van der Waals surface area contributed by atoms with Crippen molar-refractivity contribution in [2.24, 2.45) is 0 Å². The average Bonchev–Trinajstić information content (AvgIpc) is 2.99. The molecule has 1 fully saturated rings. The van der Waals surface area contributed by atoms with Crippen LogP contribution in [0, 0.1) is 13.8 Å². The van der Waals surface area contributed by atoms with Gasteiger partial charge in [0.25, 0.3) is 11.8 Å². The van der Waals surface area contributed by atoms with Crippen molar-refractivity contribution in [3.8, 4) is 10.7 Å². The van der Waals surface area contributed by atoms with E-state index in [0.29, 0.717) is 36.6 Å². The van der Waals surface area contributed by atoms with E-state index < -0.39 is 0 Å². The van der Waals surface area contributed by atoms with Crippen LogP contribution in [-0.4, -0.2) is 57.8 Å². The quantitative estimate of drug-likeness (QED) is 0.646. The maximum absolute atomic E-state index is 13.2. The largest absolute Gasteiger partial charge is 0.337 e. The smallest absolute Gasteiger partial charge is 0.265 e. The van der Waals surface area contributed by atoms with Crippen LogP contribution in [-0.2, 0) is 0 Å². The van der Waals surface area contributed by atoms with Crippen LogP contribution in [0.1, 0.15) is 37.7 Å². The van der Waals surface area contributed by atoms with Crippen LogP contribution >= 0.6 is 11.3 Å². The normalized spacial score (nSPS) is 14.5. The molecule has 1 aliphatic rings. The van der Waals surface area contributed by atoms with E-state index in [-0.39, 0.29) is 11.8 Å². The van der Waals surface area contributed by atoms with Gasteiger partial charge in [-0.1, -0.05) is 23.8 Å². The summed E-state index contributed by atoms with van der Waals surface area (Å²) in [6.07, 6.45) is 2.48. The highest BCUT2D eigenvalue weighted by molar-refractivity contribution is 7.17. The number of hydrogen-bond donors (Lipinski definition) is 0. The molecule has 7 heteroatoms. The fraction of sp³-hybridized carbons (Fsp3) is 0.304. The third-order valence-electron chi connectivity index (χ3n) is 5.21. The zero-order valence-electron chi connectivity index (χ0n) is 17.2.